The lowest BCUT2D eigenvalue weighted by molar-refractivity contribution is 0.601. The standard InChI is InChI=1S/C24H22Cl2N6O2S/c1-14-8-9-27-22(10-14)31-24-13-23(28-16(3)29-24)30-17-4-6-18(7-5-17)32-35(33,34)21-11-15(2)19(25)12-20(21)26/h4-13,32H,1-3H3,(H2,27,28,29,30,31). The van der Waals surface area contributed by atoms with Crippen molar-refractivity contribution < 1.29 is 8.42 Å². The summed E-state index contributed by atoms with van der Waals surface area (Å²) in [5, 5.41) is 6.83. The lowest BCUT2D eigenvalue weighted by Gasteiger charge is -2.13. The molecule has 0 aliphatic heterocycles. The molecule has 0 atom stereocenters. The van der Waals surface area contributed by atoms with Gasteiger partial charge < -0.3 is 10.6 Å². The number of rotatable bonds is 7. The fourth-order valence-corrected chi connectivity index (χ4v) is 5.14. The van der Waals surface area contributed by atoms with Crippen LogP contribution in [0.15, 0.2) is 65.7 Å². The van der Waals surface area contributed by atoms with Crippen LogP contribution in [0.3, 0.4) is 0 Å². The molecule has 0 fully saturated rings. The van der Waals surface area contributed by atoms with E-state index in [4.69, 9.17) is 23.2 Å². The molecule has 4 aromatic rings. The molecule has 0 spiro atoms. The molecule has 3 N–H and O–H groups in total. The summed E-state index contributed by atoms with van der Waals surface area (Å²) in [7, 11) is -3.89. The summed E-state index contributed by atoms with van der Waals surface area (Å²) in [4.78, 5) is 13.1. The van der Waals surface area contributed by atoms with Crippen LogP contribution in [0.5, 0.6) is 0 Å². The van der Waals surface area contributed by atoms with E-state index in [1.54, 1.807) is 50.4 Å². The second-order valence-corrected chi connectivity index (χ2v) is 10.3. The lowest BCUT2D eigenvalue weighted by atomic mass is 10.2. The minimum Gasteiger partial charge on any atom is -0.340 e. The maximum atomic E-state index is 12.8. The number of nitrogens with zero attached hydrogens (tertiary/aromatic N) is 3. The van der Waals surface area contributed by atoms with Crippen LogP contribution in [0.4, 0.5) is 28.8 Å². The number of nitrogens with one attached hydrogen (secondary N) is 3. The van der Waals surface area contributed by atoms with Gasteiger partial charge in [-0.1, -0.05) is 23.2 Å². The van der Waals surface area contributed by atoms with E-state index in [0.717, 1.165) is 5.56 Å². The summed E-state index contributed by atoms with van der Waals surface area (Å²) in [5.74, 6) is 2.42. The second kappa shape index (κ2) is 10.1. The molecule has 0 saturated carbocycles. The first-order valence-corrected chi connectivity index (χ1v) is 12.7. The van der Waals surface area contributed by atoms with E-state index in [-0.39, 0.29) is 9.92 Å². The van der Waals surface area contributed by atoms with Gasteiger partial charge in [-0.25, -0.2) is 23.4 Å². The maximum absolute atomic E-state index is 12.8. The largest absolute Gasteiger partial charge is 0.340 e. The van der Waals surface area contributed by atoms with Crippen molar-refractivity contribution in [3.63, 3.8) is 0 Å². The predicted octanol–water partition coefficient (Wildman–Crippen LogP) is 6.39. The Morgan fingerprint density at radius 1 is 0.743 bits per heavy atom. The van der Waals surface area contributed by atoms with Gasteiger partial charge in [-0.3, -0.25) is 4.72 Å². The molecule has 2 aromatic heterocycles. The Hall–Kier alpha value is -3.40. The molecular formula is C24H22Cl2N6O2S. The highest BCUT2D eigenvalue weighted by Crippen LogP contribution is 2.30. The van der Waals surface area contributed by atoms with Gasteiger partial charge in [-0.15, -0.1) is 0 Å². The minimum absolute atomic E-state index is 0.0390. The zero-order valence-electron chi connectivity index (χ0n) is 19.1. The first-order valence-electron chi connectivity index (χ1n) is 10.5. The third kappa shape index (κ3) is 6.19. The van der Waals surface area contributed by atoms with Crippen molar-refractivity contribution in [2.24, 2.45) is 0 Å². The topological polar surface area (TPSA) is 109 Å². The smallest absolute Gasteiger partial charge is 0.263 e. The fourth-order valence-electron chi connectivity index (χ4n) is 3.25. The lowest BCUT2D eigenvalue weighted by Crippen LogP contribution is -2.13. The van der Waals surface area contributed by atoms with E-state index in [2.05, 4.69) is 30.3 Å². The monoisotopic (exact) mass is 528 g/mol. The number of aromatic nitrogens is 3. The molecule has 8 nitrogen and oxygen atoms in total. The van der Waals surface area contributed by atoms with E-state index >= 15 is 0 Å². The molecule has 0 aliphatic rings. The van der Waals surface area contributed by atoms with Gasteiger partial charge in [0.25, 0.3) is 10.0 Å². The van der Waals surface area contributed by atoms with Crippen molar-refractivity contribution in [2.75, 3.05) is 15.4 Å². The van der Waals surface area contributed by atoms with E-state index in [1.807, 2.05) is 19.1 Å². The molecular weight excluding hydrogens is 507 g/mol. The normalized spacial score (nSPS) is 11.2. The molecule has 2 aromatic carbocycles. The summed E-state index contributed by atoms with van der Waals surface area (Å²) in [5.41, 5.74) is 2.79. The van der Waals surface area contributed by atoms with E-state index < -0.39 is 10.0 Å². The zero-order chi connectivity index (χ0) is 25.2. The van der Waals surface area contributed by atoms with E-state index in [9.17, 15) is 8.42 Å². The predicted molar refractivity (Wildman–Crippen MR) is 141 cm³/mol. The van der Waals surface area contributed by atoms with Gasteiger partial charge in [0.2, 0.25) is 0 Å². The Kier molecular flexibility index (Phi) is 7.11. The number of hydrogen-bond donors (Lipinski definition) is 3. The van der Waals surface area contributed by atoms with Crippen molar-refractivity contribution in [1.82, 2.24) is 15.0 Å². The van der Waals surface area contributed by atoms with Gasteiger partial charge in [0.05, 0.1) is 5.02 Å². The Morgan fingerprint density at radius 3 is 2.09 bits per heavy atom. The number of sulfonamides is 1. The third-order valence-electron chi connectivity index (χ3n) is 4.92. The number of benzene rings is 2. The molecule has 0 radical (unpaired) electrons. The molecule has 0 aliphatic carbocycles. The average Bonchev–Trinajstić information content (AvgIpc) is 2.77. The summed E-state index contributed by atoms with van der Waals surface area (Å²) in [6, 6.07) is 15.2. The summed E-state index contributed by atoms with van der Waals surface area (Å²) in [6.07, 6.45) is 1.72. The van der Waals surface area contributed by atoms with Crippen LogP contribution in [-0.4, -0.2) is 23.4 Å². The van der Waals surface area contributed by atoms with Crippen molar-refractivity contribution in [2.45, 2.75) is 25.7 Å². The van der Waals surface area contributed by atoms with Crippen molar-refractivity contribution in [3.05, 3.63) is 87.8 Å². The summed E-state index contributed by atoms with van der Waals surface area (Å²) >= 11 is 12.1. The maximum Gasteiger partial charge on any atom is 0.263 e. The molecule has 0 bridgehead atoms. The molecule has 180 valence electrons. The Bertz CT molecular complexity index is 1490. The van der Waals surface area contributed by atoms with Crippen LogP contribution in [0, 0.1) is 20.8 Å². The fraction of sp³-hybridized carbons (Fsp3) is 0.125. The van der Waals surface area contributed by atoms with E-state index in [0.29, 0.717) is 45.2 Å². The Labute approximate surface area is 213 Å². The van der Waals surface area contributed by atoms with Crippen LogP contribution >= 0.6 is 23.2 Å². The number of pyridine rings is 1. The quantitative estimate of drug-likeness (QED) is 0.255. The number of halogens is 2. The molecule has 11 heteroatoms. The SMILES string of the molecule is Cc1ccnc(Nc2cc(Nc3ccc(NS(=O)(=O)c4cc(C)c(Cl)cc4Cl)cc3)nc(C)n2)c1. The highest BCUT2D eigenvalue weighted by Gasteiger charge is 2.19. The second-order valence-electron chi connectivity index (χ2n) is 7.87. The van der Waals surface area contributed by atoms with Crippen LogP contribution in [0.25, 0.3) is 0 Å². The minimum atomic E-state index is -3.89. The van der Waals surface area contributed by atoms with Gasteiger partial charge in [-0.2, -0.15) is 0 Å². The van der Waals surface area contributed by atoms with Crippen LogP contribution in [0.1, 0.15) is 17.0 Å². The molecule has 0 amide bonds. The van der Waals surface area contributed by atoms with Crippen molar-refractivity contribution in [3.8, 4) is 0 Å². The summed E-state index contributed by atoms with van der Waals surface area (Å²) < 4.78 is 28.2. The zero-order valence-corrected chi connectivity index (χ0v) is 21.4. The number of aryl methyl sites for hydroxylation is 3. The van der Waals surface area contributed by atoms with Gasteiger partial charge in [-0.05, 0) is 80.4 Å². The van der Waals surface area contributed by atoms with Gasteiger partial charge in [0, 0.05) is 28.7 Å². The van der Waals surface area contributed by atoms with Gasteiger partial charge >= 0.3 is 0 Å². The van der Waals surface area contributed by atoms with Crippen molar-refractivity contribution in [1.29, 1.82) is 0 Å². The van der Waals surface area contributed by atoms with Crippen LogP contribution < -0.4 is 15.4 Å². The third-order valence-corrected chi connectivity index (χ3v) is 7.17. The van der Waals surface area contributed by atoms with Gasteiger partial charge in [0.1, 0.15) is 28.2 Å². The van der Waals surface area contributed by atoms with Crippen molar-refractivity contribution >= 4 is 62.1 Å². The molecule has 4 rings (SSSR count). The molecule has 0 unspecified atom stereocenters. The Morgan fingerprint density at radius 2 is 1.40 bits per heavy atom. The molecule has 2 heterocycles. The number of anilines is 5. The first kappa shape index (κ1) is 24.7. The average molecular weight is 529 g/mol. The number of hydrogen-bond acceptors (Lipinski definition) is 7. The van der Waals surface area contributed by atoms with E-state index in [1.165, 1.54) is 12.1 Å². The molecule has 0 saturated heterocycles. The Balaban J connectivity index is 1.49. The van der Waals surface area contributed by atoms with Crippen LogP contribution in [0.2, 0.25) is 10.0 Å². The van der Waals surface area contributed by atoms with Gasteiger partial charge in [0.15, 0.2) is 0 Å². The molecule has 35 heavy (non-hydrogen) atoms. The first-order chi connectivity index (χ1) is 16.6. The van der Waals surface area contributed by atoms with Crippen LogP contribution in [-0.2, 0) is 10.0 Å². The summed E-state index contributed by atoms with van der Waals surface area (Å²) in [6.45, 7) is 5.49. The highest BCUT2D eigenvalue weighted by atomic mass is 35.5. The highest BCUT2D eigenvalue weighted by molar-refractivity contribution is 7.92.